The van der Waals surface area contributed by atoms with E-state index in [1.807, 2.05) is 20.8 Å². The summed E-state index contributed by atoms with van der Waals surface area (Å²) in [6.45, 7) is 8.75. The molecule has 0 spiro atoms. The van der Waals surface area contributed by atoms with Crippen molar-refractivity contribution in [2.45, 2.75) is 59.4 Å². The van der Waals surface area contributed by atoms with Gasteiger partial charge in [-0.05, 0) is 26.2 Å². The fourth-order valence-corrected chi connectivity index (χ4v) is 4.82. The lowest BCUT2D eigenvalue weighted by molar-refractivity contribution is -0.150. The zero-order chi connectivity index (χ0) is 27.0. The van der Waals surface area contributed by atoms with Crippen molar-refractivity contribution in [1.29, 1.82) is 0 Å². The smallest absolute Gasteiger partial charge is 0.463 e. The number of H-pyrrole nitrogens is 1. The van der Waals surface area contributed by atoms with Crippen molar-refractivity contribution in [2.24, 2.45) is 23.0 Å². The molecule has 1 saturated heterocycles. The summed E-state index contributed by atoms with van der Waals surface area (Å²) in [6.07, 6.45) is 0.952. The number of rotatable bonds is 13. The first-order valence-electron chi connectivity index (χ1n) is 11.6. The van der Waals surface area contributed by atoms with Gasteiger partial charge in [-0.25, -0.2) is 4.79 Å². The molecule has 0 aliphatic carbocycles. The normalized spacial score (nSPS) is 21.4. The van der Waals surface area contributed by atoms with Gasteiger partial charge in [0.05, 0.1) is 11.5 Å². The maximum Gasteiger partial charge on any atom is 0.697 e. The Morgan fingerprint density at radius 2 is 2.03 bits per heavy atom. The number of aromatic nitrogens is 2. The van der Waals surface area contributed by atoms with Gasteiger partial charge in [-0.15, -0.1) is 9.05 Å². The van der Waals surface area contributed by atoms with Crippen LogP contribution >= 0.6 is 20.0 Å². The second-order valence-corrected chi connectivity index (χ2v) is 11.7. The van der Waals surface area contributed by atoms with Gasteiger partial charge in [0.25, 0.3) is 5.56 Å². The lowest BCUT2D eigenvalue weighted by atomic mass is 9.97. The van der Waals surface area contributed by atoms with Crippen molar-refractivity contribution in [3.05, 3.63) is 33.1 Å². The van der Waals surface area contributed by atoms with Gasteiger partial charge in [-0.3, -0.25) is 23.9 Å². The van der Waals surface area contributed by atoms with Crippen LogP contribution < -0.4 is 17.0 Å². The summed E-state index contributed by atoms with van der Waals surface area (Å²) in [7, 11) is -2.43. The summed E-state index contributed by atoms with van der Waals surface area (Å²) in [6, 6.07) is 0.494. The van der Waals surface area contributed by atoms with Crippen LogP contribution in [0.5, 0.6) is 0 Å². The van der Waals surface area contributed by atoms with E-state index < -0.39 is 49.3 Å². The molecule has 2 heterocycles. The van der Waals surface area contributed by atoms with Crippen molar-refractivity contribution in [2.75, 3.05) is 25.6 Å². The molecule has 14 heteroatoms. The molecular formula is C22H35N3O9PS+. The first-order chi connectivity index (χ1) is 16.8. The van der Waals surface area contributed by atoms with Crippen LogP contribution in [0.3, 0.4) is 0 Å². The van der Waals surface area contributed by atoms with Crippen molar-refractivity contribution < 1.29 is 32.7 Å². The van der Waals surface area contributed by atoms with Crippen molar-refractivity contribution in [1.82, 2.24) is 9.55 Å². The van der Waals surface area contributed by atoms with E-state index in [2.05, 4.69) is 4.98 Å². The molecule has 3 N–H and O–H groups in total. The molecule has 0 bridgehead atoms. The van der Waals surface area contributed by atoms with Crippen LogP contribution in [0.4, 0.5) is 0 Å². The maximum atomic E-state index is 12.5. The topological polar surface area (TPSA) is 169 Å². The fraction of sp³-hybridized carbons (Fsp3) is 0.727. The summed E-state index contributed by atoms with van der Waals surface area (Å²) >= 11 is 0.983. The van der Waals surface area contributed by atoms with E-state index in [4.69, 9.17) is 24.3 Å². The molecule has 0 saturated carbocycles. The summed E-state index contributed by atoms with van der Waals surface area (Å²) in [5.74, 6) is -0.420. The quantitative estimate of drug-likeness (QED) is 0.210. The summed E-state index contributed by atoms with van der Waals surface area (Å²) < 4.78 is 34.8. The van der Waals surface area contributed by atoms with Crippen molar-refractivity contribution >= 4 is 31.1 Å². The van der Waals surface area contributed by atoms with E-state index >= 15 is 0 Å². The SMILES string of the molecule is CC(C)C(N)C(=O)OCC(C)(C)C(=O)SCCO[P+](=O)OCC1CC(C)C(n2ccc(=O)[nH]c2=O)O1. The van der Waals surface area contributed by atoms with Gasteiger partial charge in [-0.1, -0.05) is 32.5 Å². The van der Waals surface area contributed by atoms with E-state index in [0.29, 0.717) is 6.42 Å². The molecule has 5 unspecified atom stereocenters. The first kappa shape index (κ1) is 30.3. The van der Waals surface area contributed by atoms with Crippen LogP contribution in [0.2, 0.25) is 0 Å². The lowest BCUT2D eigenvalue weighted by Crippen LogP contribution is -2.39. The highest BCUT2D eigenvalue weighted by Crippen LogP contribution is 2.35. The number of nitrogens with one attached hydrogen (secondary N) is 1. The van der Waals surface area contributed by atoms with Gasteiger partial charge >= 0.3 is 19.9 Å². The number of hydrogen-bond acceptors (Lipinski definition) is 11. The highest BCUT2D eigenvalue weighted by atomic mass is 32.2. The minimum atomic E-state index is -2.43. The predicted molar refractivity (Wildman–Crippen MR) is 134 cm³/mol. The lowest BCUT2D eigenvalue weighted by Gasteiger charge is -2.23. The fourth-order valence-electron chi connectivity index (χ4n) is 3.29. The number of nitrogens with zero attached hydrogens (tertiary/aromatic N) is 1. The standard InChI is InChI=1S/C22H34N3O9PS/c1-13(2)17(23)19(27)31-12-22(4,5)20(28)36-9-8-32-35(30)33-11-15-10-14(3)18(34-15)25-7-6-16(26)24-21(25)29/h6-7,13-15,17-18H,8-12,23H2,1-5H3/p+1. The minimum absolute atomic E-state index is 0.00284. The van der Waals surface area contributed by atoms with Gasteiger partial charge in [0, 0.05) is 28.5 Å². The van der Waals surface area contributed by atoms with E-state index in [-0.39, 0.29) is 42.5 Å². The Morgan fingerprint density at radius 3 is 2.67 bits per heavy atom. The van der Waals surface area contributed by atoms with Gasteiger partial charge < -0.3 is 15.2 Å². The van der Waals surface area contributed by atoms with E-state index in [1.54, 1.807) is 13.8 Å². The Labute approximate surface area is 214 Å². The second kappa shape index (κ2) is 13.6. The van der Waals surface area contributed by atoms with Crippen LogP contribution in [0, 0.1) is 17.3 Å². The third-order valence-corrected chi connectivity index (χ3v) is 7.51. The molecule has 12 nitrogen and oxygen atoms in total. The Morgan fingerprint density at radius 1 is 1.33 bits per heavy atom. The Balaban J connectivity index is 1.68. The number of carbonyl (C=O) groups is 2. The molecule has 1 aliphatic rings. The average molecular weight is 549 g/mol. The number of carbonyl (C=O) groups excluding carboxylic acids is 2. The number of thioether (sulfide) groups is 1. The van der Waals surface area contributed by atoms with Gasteiger partial charge in [-0.2, -0.15) is 0 Å². The Bertz CT molecular complexity index is 1040. The first-order valence-corrected chi connectivity index (χ1v) is 13.7. The zero-order valence-electron chi connectivity index (χ0n) is 21.1. The number of hydrogen-bond donors (Lipinski definition) is 2. The molecule has 5 atom stereocenters. The second-order valence-electron chi connectivity index (χ2n) is 9.63. The van der Waals surface area contributed by atoms with E-state index in [9.17, 15) is 23.7 Å². The third kappa shape index (κ3) is 8.89. The van der Waals surface area contributed by atoms with Crippen molar-refractivity contribution in [3.8, 4) is 0 Å². The highest BCUT2D eigenvalue weighted by Gasteiger charge is 2.37. The number of nitrogens with two attached hydrogens (primary N) is 1. The van der Waals surface area contributed by atoms with Crippen LogP contribution in [0.1, 0.15) is 47.3 Å². The van der Waals surface area contributed by atoms with Gasteiger partial charge in [0.2, 0.25) is 0 Å². The number of ether oxygens (including phenoxy) is 2. The molecule has 36 heavy (non-hydrogen) atoms. The molecular weight excluding hydrogens is 513 g/mol. The predicted octanol–water partition coefficient (Wildman–Crippen LogP) is 1.96. The van der Waals surface area contributed by atoms with Crippen LogP contribution in [-0.4, -0.2) is 58.4 Å². The minimum Gasteiger partial charge on any atom is -0.463 e. The molecule has 1 aliphatic heterocycles. The summed E-state index contributed by atoms with van der Waals surface area (Å²) in [5.41, 5.74) is 3.78. The van der Waals surface area contributed by atoms with Crippen molar-refractivity contribution in [3.63, 3.8) is 0 Å². The average Bonchev–Trinajstić information content (AvgIpc) is 3.18. The third-order valence-electron chi connectivity index (χ3n) is 5.58. The molecule has 2 rings (SSSR count). The Hall–Kier alpha value is -1.89. The molecule has 1 aromatic rings. The van der Waals surface area contributed by atoms with E-state index in [1.165, 1.54) is 16.8 Å². The molecule has 0 radical (unpaired) electrons. The molecule has 0 amide bonds. The summed E-state index contributed by atoms with van der Waals surface area (Å²) in [4.78, 5) is 49.8. The Kier molecular flexibility index (Phi) is 11.5. The number of esters is 1. The number of aromatic amines is 1. The maximum absolute atomic E-state index is 12.5. The van der Waals surface area contributed by atoms with Crippen LogP contribution in [0.15, 0.2) is 21.9 Å². The molecule has 1 aromatic heterocycles. The van der Waals surface area contributed by atoms with Gasteiger partial charge in [0.1, 0.15) is 32.1 Å². The molecule has 202 valence electrons. The largest absolute Gasteiger partial charge is 0.697 e. The molecule has 0 aromatic carbocycles. The van der Waals surface area contributed by atoms with E-state index in [0.717, 1.165) is 11.8 Å². The summed E-state index contributed by atoms with van der Waals surface area (Å²) in [5, 5.41) is -0.204. The monoisotopic (exact) mass is 548 g/mol. The zero-order valence-corrected chi connectivity index (χ0v) is 22.8. The molecule has 1 fully saturated rings. The van der Waals surface area contributed by atoms with Crippen LogP contribution in [0.25, 0.3) is 0 Å². The van der Waals surface area contributed by atoms with Gasteiger partial charge in [0.15, 0.2) is 5.12 Å². The highest BCUT2D eigenvalue weighted by molar-refractivity contribution is 8.13. The van der Waals surface area contributed by atoms with Crippen LogP contribution in [-0.2, 0) is 32.7 Å².